The summed E-state index contributed by atoms with van der Waals surface area (Å²) in [5.74, 6) is -1.69. The highest BCUT2D eigenvalue weighted by atomic mass is 19.1. The monoisotopic (exact) mass is 324 g/mol. The third-order valence-electron chi connectivity index (χ3n) is 3.98. The highest BCUT2D eigenvalue weighted by Gasteiger charge is 2.46. The maximum atomic E-state index is 13.2. The zero-order valence-electron chi connectivity index (χ0n) is 14.1. The Kier molecular flexibility index (Phi) is 7.72. The van der Waals surface area contributed by atoms with Gasteiger partial charge in [0.25, 0.3) is 0 Å². The average Bonchev–Trinajstić information content (AvgIpc) is 2.53. The number of rotatable bonds is 9. The van der Waals surface area contributed by atoms with Crippen LogP contribution in [-0.2, 0) is 14.3 Å². The van der Waals surface area contributed by atoms with E-state index >= 15 is 0 Å². The molecule has 0 bridgehead atoms. The molecule has 0 aromatic heterocycles. The molecule has 1 aromatic rings. The van der Waals surface area contributed by atoms with E-state index in [-0.39, 0.29) is 18.6 Å². The van der Waals surface area contributed by atoms with Crippen molar-refractivity contribution in [2.45, 2.75) is 52.9 Å². The van der Waals surface area contributed by atoms with Crippen LogP contribution in [0.1, 0.15) is 52.9 Å². The smallest absolute Gasteiger partial charge is 0.328 e. The van der Waals surface area contributed by atoms with Crippen molar-refractivity contribution in [3.8, 4) is 5.75 Å². The van der Waals surface area contributed by atoms with E-state index in [1.165, 1.54) is 18.2 Å². The van der Waals surface area contributed by atoms with Gasteiger partial charge in [0.2, 0.25) is 0 Å². The standard InChI is InChI=1S/C18H25FO4/c1-4-7-8-12-22-16(20)18(5-2,6-3)17(21)23-15-11-9-10-14(19)13-15/h9-11,13H,4-8,12H2,1-3H3. The predicted molar refractivity (Wildman–Crippen MR) is 85.5 cm³/mol. The molecule has 5 heteroatoms. The lowest BCUT2D eigenvalue weighted by atomic mass is 9.82. The molecule has 0 aliphatic carbocycles. The normalized spacial score (nSPS) is 11.1. The molecule has 0 N–H and O–H groups in total. The number of hydrogen-bond acceptors (Lipinski definition) is 4. The van der Waals surface area contributed by atoms with Crippen LogP contribution in [-0.4, -0.2) is 18.5 Å². The molecule has 0 radical (unpaired) electrons. The molecule has 23 heavy (non-hydrogen) atoms. The molecule has 0 spiro atoms. The summed E-state index contributed by atoms with van der Waals surface area (Å²) in [6.45, 7) is 5.83. The molecule has 0 unspecified atom stereocenters. The Morgan fingerprint density at radius 3 is 2.35 bits per heavy atom. The van der Waals surface area contributed by atoms with Gasteiger partial charge >= 0.3 is 11.9 Å². The number of benzene rings is 1. The number of halogens is 1. The van der Waals surface area contributed by atoms with Crippen LogP contribution in [0.3, 0.4) is 0 Å². The van der Waals surface area contributed by atoms with Gasteiger partial charge in [-0.3, -0.25) is 9.59 Å². The van der Waals surface area contributed by atoms with Gasteiger partial charge in [-0.05, 0) is 31.4 Å². The van der Waals surface area contributed by atoms with Crippen molar-refractivity contribution in [2.75, 3.05) is 6.61 Å². The fraction of sp³-hybridized carbons (Fsp3) is 0.556. The quantitative estimate of drug-likeness (QED) is 0.294. The largest absolute Gasteiger partial charge is 0.465 e. The molecule has 0 heterocycles. The van der Waals surface area contributed by atoms with E-state index in [2.05, 4.69) is 6.92 Å². The van der Waals surface area contributed by atoms with Crippen LogP contribution < -0.4 is 4.74 Å². The lowest BCUT2D eigenvalue weighted by Crippen LogP contribution is -2.42. The average molecular weight is 324 g/mol. The Morgan fingerprint density at radius 1 is 1.09 bits per heavy atom. The minimum absolute atomic E-state index is 0.0834. The summed E-state index contributed by atoms with van der Waals surface area (Å²) < 4.78 is 23.7. The van der Waals surface area contributed by atoms with Gasteiger partial charge in [0, 0.05) is 6.07 Å². The molecular formula is C18H25FO4. The molecule has 0 saturated heterocycles. The SMILES string of the molecule is CCCCCOC(=O)C(CC)(CC)C(=O)Oc1cccc(F)c1. The fourth-order valence-electron chi connectivity index (χ4n) is 2.30. The molecule has 1 aromatic carbocycles. The number of carbonyl (C=O) groups excluding carboxylic acids is 2. The number of esters is 2. The summed E-state index contributed by atoms with van der Waals surface area (Å²) in [5, 5.41) is 0. The molecule has 0 atom stereocenters. The number of hydrogen-bond donors (Lipinski definition) is 0. The van der Waals surface area contributed by atoms with Gasteiger partial charge < -0.3 is 9.47 Å². The summed E-state index contributed by atoms with van der Waals surface area (Å²) >= 11 is 0. The van der Waals surface area contributed by atoms with Gasteiger partial charge in [0.1, 0.15) is 11.6 Å². The molecule has 0 saturated carbocycles. The minimum atomic E-state index is -1.35. The van der Waals surface area contributed by atoms with Crippen LogP contribution in [0.5, 0.6) is 5.75 Å². The topological polar surface area (TPSA) is 52.6 Å². The molecule has 4 nitrogen and oxygen atoms in total. The van der Waals surface area contributed by atoms with Gasteiger partial charge in [-0.2, -0.15) is 0 Å². The maximum Gasteiger partial charge on any atom is 0.328 e. The van der Waals surface area contributed by atoms with E-state index in [4.69, 9.17) is 9.47 Å². The van der Waals surface area contributed by atoms with Gasteiger partial charge in [-0.15, -0.1) is 0 Å². The first kappa shape index (κ1) is 19.1. The van der Waals surface area contributed by atoms with Crippen molar-refractivity contribution in [1.29, 1.82) is 0 Å². The summed E-state index contributed by atoms with van der Waals surface area (Å²) in [7, 11) is 0. The third kappa shape index (κ3) is 5.05. The first-order chi connectivity index (χ1) is 11.0. The van der Waals surface area contributed by atoms with Crippen LogP contribution in [0.2, 0.25) is 0 Å². The molecule has 1 rings (SSSR count). The Balaban J connectivity index is 2.81. The van der Waals surface area contributed by atoms with Gasteiger partial charge in [-0.25, -0.2) is 4.39 Å². The highest BCUT2D eigenvalue weighted by molar-refractivity contribution is 6.00. The van der Waals surface area contributed by atoms with Gasteiger partial charge in [0.15, 0.2) is 5.41 Å². The van der Waals surface area contributed by atoms with Crippen molar-refractivity contribution in [3.63, 3.8) is 0 Å². The zero-order valence-corrected chi connectivity index (χ0v) is 14.1. The Labute approximate surface area is 137 Å². The first-order valence-corrected chi connectivity index (χ1v) is 8.15. The van der Waals surface area contributed by atoms with Crippen molar-refractivity contribution < 1.29 is 23.5 Å². The van der Waals surface area contributed by atoms with E-state index in [1.807, 2.05) is 0 Å². The number of ether oxygens (including phenoxy) is 2. The van der Waals surface area contributed by atoms with Gasteiger partial charge in [0.05, 0.1) is 6.61 Å². The van der Waals surface area contributed by atoms with E-state index < -0.39 is 23.2 Å². The molecule has 0 fully saturated rings. The van der Waals surface area contributed by atoms with Crippen LogP contribution in [0, 0.1) is 11.2 Å². The lowest BCUT2D eigenvalue weighted by Gasteiger charge is -2.26. The summed E-state index contributed by atoms with van der Waals surface area (Å²) in [6, 6.07) is 5.29. The maximum absolute atomic E-state index is 13.2. The number of carbonyl (C=O) groups is 2. The summed E-state index contributed by atoms with van der Waals surface area (Å²) in [5.41, 5.74) is -1.35. The fourth-order valence-corrected chi connectivity index (χ4v) is 2.30. The molecule has 0 amide bonds. The van der Waals surface area contributed by atoms with Crippen molar-refractivity contribution in [2.24, 2.45) is 5.41 Å². The highest BCUT2D eigenvalue weighted by Crippen LogP contribution is 2.31. The minimum Gasteiger partial charge on any atom is -0.465 e. The molecule has 128 valence electrons. The van der Waals surface area contributed by atoms with Crippen LogP contribution in [0.15, 0.2) is 24.3 Å². The molecule has 0 aliphatic rings. The second-order valence-corrected chi connectivity index (χ2v) is 5.48. The molecular weight excluding hydrogens is 299 g/mol. The zero-order chi connectivity index (χ0) is 17.3. The Hall–Kier alpha value is -1.91. The first-order valence-electron chi connectivity index (χ1n) is 8.15. The summed E-state index contributed by atoms with van der Waals surface area (Å²) in [4.78, 5) is 24.9. The predicted octanol–water partition coefficient (Wildman–Crippen LogP) is 4.27. The van der Waals surface area contributed by atoms with E-state index in [1.54, 1.807) is 13.8 Å². The van der Waals surface area contributed by atoms with E-state index in [0.29, 0.717) is 6.61 Å². The van der Waals surface area contributed by atoms with Crippen LogP contribution in [0.4, 0.5) is 4.39 Å². The van der Waals surface area contributed by atoms with Crippen molar-refractivity contribution in [1.82, 2.24) is 0 Å². The Morgan fingerprint density at radius 2 is 1.78 bits per heavy atom. The van der Waals surface area contributed by atoms with Crippen LogP contribution in [0.25, 0.3) is 0 Å². The van der Waals surface area contributed by atoms with Crippen molar-refractivity contribution >= 4 is 11.9 Å². The summed E-state index contributed by atoms with van der Waals surface area (Å²) in [6.07, 6.45) is 3.29. The molecule has 0 aliphatic heterocycles. The lowest BCUT2D eigenvalue weighted by molar-refractivity contribution is -0.168. The van der Waals surface area contributed by atoms with Gasteiger partial charge in [-0.1, -0.05) is 39.7 Å². The van der Waals surface area contributed by atoms with Crippen molar-refractivity contribution in [3.05, 3.63) is 30.1 Å². The van der Waals surface area contributed by atoms with E-state index in [9.17, 15) is 14.0 Å². The third-order valence-corrected chi connectivity index (χ3v) is 3.98. The van der Waals surface area contributed by atoms with Crippen LogP contribution >= 0.6 is 0 Å². The second-order valence-electron chi connectivity index (χ2n) is 5.48. The van der Waals surface area contributed by atoms with E-state index in [0.717, 1.165) is 25.3 Å². The second kappa shape index (κ2) is 9.28. The number of unbranched alkanes of at least 4 members (excludes halogenated alkanes) is 2. The Bertz CT molecular complexity index is 524.